The minimum absolute atomic E-state index is 0.0569. The van der Waals surface area contributed by atoms with Crippen molar-refractivity contribution in [3.05, 3.63) is 67.4 Å². The molecule has 0 fully saturated rings. The van der Waals surface area contributed by atoms with Crippen LogP contribution in [0.5, 0.6) is 0 Å². The first-order chi connectivity index (χ1) is 9.40. The number of nitro groups is 1. The SMILES string of the molecule is Cc1cc([N+](=O)[O-])cc(C(N)c2cncc(Br)c2)c1C. The number of non-ortho nitro benzene ring substituents is 1. The summed E-state index contributed by atoms with van der Waals surface area (Å²) in [6.45, 7) is 3.76. The summed E-state index contributed by atoms with van der Waals surface area (Å²) < 4.78 is 0.824. The molecule has 5 nitrogen and oxygen atoms in total. The van der Waals surface area contributed by atoms with Gasteiger partial charge in [0.05, 0.1) is 11.0 Å². The van der Waals surface area contributed by atoms with Crippen LogP contribution in [0.1, 0.15) is 28.3 Å². The fourth-order valence-corrected chi connectivity index (χ4v) is 2.46. The standard InChI is InChI=1S/C14H14BrN3O2/c1-8-3-12(18(19)20)5-13(9(8)2)14(16)10-4-11(15)7-17-6-10/h3-7,14H,16H2,1-2H3. The second kappa shape index (κ2) is 5.68. The summed E-state index contributed by atoms with van der Waals surface area (Å²) in [6, 6.07) is 4.52. The summed E-state index contributed by atoms with van der Waals surface area (Å²) in [5.41, 5.74) is 9.67. The first kappa shape index (κ1) is 14.6. The Balaban J connectivity index is 2.54. The van der Waals surface area contributed by atoms with E-state index in [-0.39, 0.29) is 5.69 Å². The molecular formula is C14H14BrN3O2. The Morgan fingerprint density at radius 3 is 2.60 bits per heavy atom. The molecule has 0 amide bonds. The van der Waals surface area contributed by atoms with Gasteiger partial charge in [-0.25, -0.2) is 0 Å². The fraction of sp³-hybridized carbons (Fsp3) is 0.214. The molecule has 1 heterocycles. The lowest BCUT2D eigenvalue weighted by Gasteiger charge is -2.16. The number of aromatic nitrogens is 1. The second-order valence-corrected chi connectivity index (χ2v) is 5.56. The van der Waals surface area contributed by atoms with Crippen LogP contribution in [0.15, 0.2) is 35.1 Å². The molecule has 0 aliphatic carbocycles. The summed E-state index contributed by atoms with van der Waals surface area (Å²) in [7, 11) is 0. The normalized spacial score (nSPS) is 12.2. The van der Waals surface area contributed by atoms with Crippen LogP contribution in [0, 0.1) is 24.0 Å². The molecule has 1 atom stereocenters. The Kier molecular flexibility index (Phi) is 4.15. The van der Waals surface area contributed by atoms with Gasteiger partial charge in [-0.3, -0.25) is 15.1 Å². The molecule has 0 radical (unpaired) electrons. The minimum atomic E-state index is -0.446. The summed E-state index contributed by atoms with van der Waals surface area (Å²) in [5.74, 6) is 0. The number of benzene rings is 1. The third-order valence-corrected chi connectivity index (χ3v) is 3.76. The smallest absolute Gasteiger partial charge is 0.270 e. The number of halogens is 1. The highest BCUT2D eigenvalue weighted by Crippen LogP contribution is 2.29. The van der Waals surface area contributed by atoms with Crippen molar-refractivity contribution in [3.8, 4) is 0 Å². The lowest BCUT2D eigenvalue weighted by atomic mass is 9.93. The molecule has 1 unspecified atom stereocenters. The molecular weight excluding hydrogens is 322 g/mol. The summed E-state index contributed by atoms with van der Waals surface area (Å²) in [5, 5.41) is 11.0. The number of hydrogen-bond donors (Lipinski definition) is 1. The van der Waals surface area contributed by atoms with Crippen molar-refractivity contribution in [2.45, 2.75) is 19.9 Å². The van der Waals surface area contributed by atoms with Gasteiger partial charge < -0.3 is 5.73 Å². The zero-order chi connectivity index (χ0) is 14.9. The van der Waals surface area contributed by atoms with Gasteiger partial charge in [-0.2, -0.15) is 0 Å². The molecule has 2 N–H and O–H groups in total. The highest BCUT2D eigenvalue weighted by Gasteiger charge is 2.18. The van der Waals surface area contributed by atoms with Crippen molar-refractivity contribution in [1.82, 2.24) is 4.98 Å². The Hall–Kier alpha value is -1.79. The number of nitrogens with two attached hydrogens (primary N) is 1. The van der Waals surface area contributed by atoms with E-state index in [9.17, 15) is 10.1 Å². The van der Waals surface area contributed by atoms with Crippen LogP contribution in [0.2, 0.25) is 0 Å². The van der Waals surface area contributed by atoms with E-state index in [1.54, 1.807) is 18.5 Å². The number of pyridine rings is 1. The minimum Gasteiger partial charge on any atom is -0.320 e. The lowest BCUT2D eigenvalue weighted by molar-refractivity contribution is -0.385. The van der Waals surface area contributed by atoms with Crippen LogP contribution in [-0.4, -0.2) is 9.91 Å². The maximum Gasteiger partial charge on any atom is 0.270 e. The van der Waals surface area contributed by atoms with Crippen LogP contribution in [0.3, 0.4) is 0 Å². The predicted molar refractivity (Wildman–Crippen MR) is 80.5 cm³/mol. The zero-order valence-corrected chi connectivity index (χ0v) is 12.7. The largest absolute Gasteiger partial charge is 0.320 e. The van der Waals surface area contributed by atoms with Crippen molar-refractivity contribution in [3.63, 3.8) is 0 Å². The lowest BCUT2D eigenvalue weighted by Crippen LogP contribution is -2.14. The van der Waals surface area contributed by atoms with Crippen LogP contribution in [-0.2, 0) is 0 Å². The Labute approximate surface area is 125 Å². The van der Waals surface area contributed by atoms with Gasteiger partial charge in [-0.05, 0) is 58.1 Å². The summed E-state index contributed by atoms with van der Waals surface area (Å²) in [4.78, 5) is 14.7. The molecule has 6 heteroatoms. The van der Waals surface area contributed by atoms with Crippen molar-refractivity contribution in [2.75, 3.05) is 0 Å². The molecule has 0 aliphatic rings. The molecule has 2 aromatic rings. The van der Waals surface area contributed by atoms with E-state index in [0.717, 1.165) is 26.7 Å². The Morgan fingerprint density at radius 2 is 2.00 bits per heavy atom. The first-order valence-corrected chi connectivity index (χ1v) is 6.81. The highest BCUT2D eigenvalue weighted by molar-refractivity contribution is 9.10. The molecule has 20 heavy (non-hydrogen) atoms. The van der Waals surface area contributed by atoms with E-state index >= 15 is 0 Å². The molecule has 0 bridgehead atoms. The summed E-state index contributed by atoms with van der Waals surface area (Å²) in [6.07, 6.45) is 3.34. The maximum atomic E-state index is 11.0. The number of nitro benzene ring substituents is 1. The third-order valence-electron chi connectivity index (χ3n) is 3.32. The van der Waals surface area contributed by atoms with Crippen LogP contribution in [0.4, 0.5) is 5.69 Å². The molecule has 0 saturated carbocycles. The average Bonchev–Trinajstić information content (AvgIpc) is 2.40. The van der Waals surface area contributed by atoms with Crippen molar-refractivity contribution >= 4 is 21.6 Å². The van der Waals surface area contributed by atoms with Gasteiger partial charge in [-0.1, -0.05) is 0 Å². The van der Waals surface area contributed by atoms with E-state index in [4.69, 9.17) is 5.73 Å². The number of rotatable bonds is 3. The van der Waals surface area contributed by atoms with Crippen molar-refractivity contribution in [1.29, 1.82) is 0 Å². The van der Waals surface area contributed by atoms with E-state index in [1.165, 1.54) is 6.07 Å². The molecule has 1 aromatic heterocycles. The van der Waals surface area contributed by atoms with Crippen molar-refractivity contribution in [2.24, 2.45) is 5.73 Å². The van der Waals surface area contributed by atoms with Crippen LogP contribution < -0.4 is 5.73 Å². The fourth-order valence-electron chi connectivity index (χ4n) is 2.07. The van der Waals surface area contributed by atoms with Crippen LogP contribution >= 0.6 is 15.9 Å². The van der Waals surface area contributed by atoms with Crippen molar-refractivity contribution < 1.29 is 4.92 Å². The van der Waals surface area contributed by atoms with Gasteiger partial charge in [0.25, 0.3) is 5.69 Å². The monoisotopic (exact) mass is 335 g/mol. The Morgan fingerprint density at radius 1 is 1.30 bits per heavy atom. The van der Waals surface area contributed by atoms with E-state index in [2.05, 4.69) is 20.9 Å². The predicted octanol–water partition coefficient (Wildman–Crippen LogP) is 3.42. The molecule has 104 valence electrons. The van der Waals surface area contributed by atoms with Gasteiger partial charge >= 0.3 is 0 Å². The summed E-state index contributed by atoms with van der Waals surface area (Å²) >= 11 is 3.35. The van der Waals surface area contributed by atoms with Crippen LogP contribution in [0.25, 0.3) is 0 Å². The van der Waals surface area contributed by atoms with Gasteiger partial charge in [0.2, 0.25) is 0 Å². The Bertz CT molecular complexity index is 673. The maximum absolute atomic E-state index is 11.0. The van der Waals surface area contributed by atoms with E-state index in [1.807, 2.05) is 19.9 Å². The zero-order valence-electron chi connectivity index (χ0n) is 11.1. The molecule has 1 aromatic carbocycles. The van der Waals surface area contributed by atoms with E-state index in [0.29, 0.717) is 0 Å². The highest BCUT2D eigenvalue weighted by atomic mass is 79.9. The number of hydrogen-bond acceptors (Lipinski definition) is 4. The van der Waals surface area contributed by atoms with E-state index < -0.39 is 11.0 Å². The number of nitrogens with zero attached hydrogens (tertiary/aromatic N) is 2. The quantitative estimate of drug-likeness (QED) is 0.688. The molecule has 2 rings (SSSR count). The van der Waals surface area contributed by atoms with Gasteiger partial charge in [0.15, 0.2) is 0 Å². The second-order valence-electron chi connectivity index (χ2n) is 4.65. The molecule has 0 saturated heterocycles. The van der Waals surface area contributed by atoms with Gasteiger partial charge in [-0.15, -0.1) is 0 Å². The first-order valence-electron chi connectivity index (χ1n) is 6.01. The van der Waals surface area contributed by atoms with Gasteiger partial charge in [0.1, 0.15) is 0 Å². The number of aryl methyl sites for hydroxylation is 1. The molecule has 0 aliphatic heterocycles. The van der Waals surface area contributed by atoms with Gasteiger partial charge in [0, 0.05) is 29.0 Å². The third kappa shape index (κ3) is 2.86. The average molecular weight is 336 g/mol. The molecule has 0 spiro atoms. The topological polar surface area (TPSA) is 82.0 Å².